The Bertz CT molecular complexity index is 1820. The number of hydrogen-bond donors (Lipinski definition) is 3. The molecule has 7 nitrogen and oxygen atoms in total. The zero-order chi connectivity index (χ0) is 29.0. The number of carbonyl (C=O) groups is 1. The van der Waals surface area contributed by atoms with E-state index in [0.717, 1.165) is 35.0 Å². The lowest BCUT2D eigenvalue weighted by Gasteiger charge is -2.19. The number of rotatable bonds is 9. The molecular formula is C31H25ClFN3O4S. The first-order valence-electron chi connectivity index (χ1n) is 12.7. The fourth-order valence-corrected chi connectivity index (χ4v) is 5.97. The van der Waals surface area contributed by atoms with Gasteiger partial charge in [-0.3, -0.25) is 9.59 Å². The first kappa shape index (κ1) is 28.2. The van der Waals surface area contributed by atoms with Crippen LogP contribution in [0.3, 0.4) is 0 Å². The Hall–Kier alpha value is -4.31. The van der Waals surface area contributed by atoms with Crippen LogP contribution in [0, 0.1) is 5.82 Å². The normalized spacial score (nSPS) is 11.6. The Morgan fingerprint density at radius 1 is 0.902 bits per heavy atom. The average Bonchev–Trinajstić information content (AvgIpc) is 2.98. The van der Waals surface area contributed by atoms with Gasteiger partial charge >= 0.3 is 0 Å². The highest BCUT2D eigenvalue weighted by Gasteiger charge is 2.24. The molecule has 0 bridgehead atoms. The van der Waals surface area contributed by atoms with Gasteiger partial charge in [-0.25, -0.2) is 17.5 Å². The van der Waals surface area contributed by atoms with Gasteiger partial charge in [-0.15, -0.1) is 0 Å². The van der Waals surface area contributed by atoms with Crippen LogP contribution in [0.5, 0.6) is 0 Å². The molecule has 4 aromatic carbocycles. The van der Waals surface area contributed by atoms with Crippen LogP contribution < -0.4 is 15.5 Å². The van der Waals surface area contributed by atoms with Crippen LogP contribution >= 0.6 is 11.6 Å². The van der Waals surface area contributed by atoms with Crippen LogP contribution in [-0.2, 0) is 16.6 Å². The Balaban J connectivity index is 1.43. The Labute approximate surface area is 241 Å². The van der Waals surface area contributed by atoms with Crippen molar-refractivity contribution in [2.24, 2.45) is 0 Å². The molecule has 1 amide bonds. The largest absolute Gasteiger partial charge is 0.359 e. The minimum Gasteiger partial charge on any atom is -0.359 e. The van der Waals surface area contributed by atoms with Gasteiger partial charge in [0, 0.05) is 30.2 Å². The summed E-state index contributed by atoms with van der Waals surface area (Å²) < 4.78 is 44.3. The number of pyridine rings is 1. The summed E-state index contributed by atoms with van der Waals surface area (Å²) in [5, 5.41) is 2.93. The highest BCUT2D eigenvalue weighted by molar-refractivity contribution is 7.89. The van der Waals surface area contributed by atoms with E-state index in [1.54, 1.807) is 24.3 Å². The molecular weight excluding hydrogens is 565 g/mol. The smallest absolute Gasteiger partial charge is 0.257 e. The number of amides is 1. The molecule has 3 N–H and O–H groups in total. The van der Waals surface area contributed by atoms with Crippen molar-refractivity contribution in [2.75, 3.05) is 6.54 Å². The lowest BCUT2D eigenvalue weighted by atomic mass is 9.92. The molecule has 0 aliphatic carbocycles. The molecule has 0 aliphatic rings. The minimum absolute atomic E-state index is 0.0101. The van der Waals surface area contributed by atoms with E-state index in [4.69, 9.17) is 11.6 Å². The fraction of sp³-hybridized carbons (Fsp3) is 0.0968. The number of aromatic amines is 1. The van der Waals surface area contributed by atoms with Gasteiger partial charge in [-0.05, 0) is 41.0 Å². The van der Waals surface area contributed by atoms with Crippen LogP contribution in [0.15, 0.2) is 113 Å². The maximum atomic E-state index is 14.7. The molecule has 0 aliphatic heterocycles. The zero-order valence-corrected chi connectivity index (χ0v) is 23.2. The summed E-state index contributed by atoms with van der Waals surface area (Å²) in [5.74, 6) is -1.93. The molecule has 0 fully saturated rings. The maximum Gasteiger partial charge on any atom is 0.257 e. The third-order valence-electron chi connectivity index (χ3n) is 6.70. The summed E-state index contributed by atoms with van der Waals surface area (Å²) in [7, 11) is -4.29. The molecule has 1 aromatic heterocycles. The van der Waals surface area contributed by atoms with Crippen molar-refractivity contribution >= 4 is 38.4 Å². The van der Waals surface area contributed by atoms with Crippen LogP contribution in [0.25, 0.3) is 10.9 Å². The van der Waals surface area contributed by atoms with E-state index in [9.17, 15) is 22.4 Å². The van der Waals surface area contributed by atoms with Crippen molar-refractivity contribution in [3.05, 3.63) is 147 Å². The lowest BCUT2D eigenvalue weighted by Crippen LogP contribution is -2.31. The van der Waals surface area contributed by atoms with Gasteiger partial charge in [-0.2, -0.15) is 0 Å². The topological polar surface area (TPSA) is 108 Å². The number of hydrogen-bond acceptors (Lipinski definition) is 4. The van der Waals surface area contributed by atoms with Crippen molar-refractivity contribution in [1.29, 1.82) is 0 Å². The van der Waals surface area contributed by atoms with Crippen LogP contribution in [0.4, 0.5) is 4.39 Å². The van der Waals surface area contributed by atoms with Gasteiger partial charge in [0.2, 0.25) is 15.5 Å². The molecule has 41 heavy (non-hydrogen) atoms. The molecule has 5 rings (SSSR count). The SMILES string of the molecule is O=C(NCc1ccc(Cl)cc1)c1c[nH]c2c(S(=O)(=O)NCC(c3ccccc3)c3ccccc3)cc(F)cc2c1=O. The molecule has 1 heterocycles. The van der Waals surface area contributed by atoms with E-state index in [1.165, 1.54) is 0 Å². The second-order valence-corrected chi connectivity index (χ2v) is 11.6. The first-order valence-corrected chi connectivity index (χ1v) is 14.6. The number of carbonyl (C=O) groups excluding carboxylic acids is 1. The monoisotopic (exact) mass is 589 g/mol. The molecule has 0 saturated heterocycles. The van der Waals surface area contributed by atoms with Gasteiger partial charge in [0.05, 0.1) is 10.9 Å². The Morgan fingerprint density at radius 2 is 1.51 bits per heavy atom. The predicted molar refractivity (Wildman–Crippen MR) is 157 cm³/mol. The summed E-state index contributed by atoms with van der Waals surface area (Å²) in [4.78, 5) is 28.3. The number of fused-ring (bicyclic) bond motifs is 1. The summed E-state index contributed by atoms with van der Waals surface area (Å²) in [6.07, 6.45) is 1.13. The van der Waals surface area contributed by atoms with Gasteiger partial charge < -0.3 is 10.3 Å². The third kappa shape index (κ3) is 6.38. The summed E-state index contributed by atoms with van der Waals surface area (Å²) >= 11 is 5.88. The summed E-state index contributed by atoms with van der Waals surface area (Å²) in [6.45, 7) is 0.119. The Kier molecular flexibility index (Phi) is 8.30. The van der Waals surface area contributed by atoms with E-state index >= 15 is 0 Å². The standard InChI is InChI=1S/C31H25ClFN3O4S/c32-23-13-11-20(12-14-23)17-35-31(38)27-18-34-29-25(30(27)37)15-24(33)16-28(29)41(39,40)36-19-26(21-7-3-1-4-8-21)22-9-5-2-6-10-22/h1-16,18,26,36H,17,19H2,(H,34,37)(H,35,38). The van der Waals surface area contributed by atoms with Crippen molar-refractivity contribution < 1.29 is 17.6 Å². The van der Waals surface area contributed by atoms with Crippen molar-refractivity contribution in [3.8, 4) is 0 Å². The molecule has 0 radical (unpaired) electrons. The van der Waals surface area contributed by atoms with Gasteiger partial charge in [0.25, 0.3) is 5.91 Å². The van der Waals surface area contributed by atoms with Crippen LogP contribution in [-0.4, -0.2) is 25.9 Å². The molecule has 5 aromatic rings. The molecule has 208 valence electrons. The van der Waals surface area contributed by atoms with Crippen molar-refractivity contribution in [3.63, 3.8) is 0 Å². The van der Waals surface area contributed by atoms with E-state index < -0.39 is 32.1 Å². The number of nitrogens with one attached hydrogen (secondary N) is 3. The van der Waals surface area contributed by atoms with Crippen LogP contribution in [0.1, 0.15) is 33.0 Å². The lowest BCUT2D eigenvalue weighted by molar-refractivity contribution is 0.0949. The molecule has 0 spiro atoms. The minimum atomic E-state index is -4.29. The van der Waals surface area contributed by atoms with Gasteiger partial charge in [0.1, 0.15) is 16.3 Å². The Morgan fingerprint density at radius 3 is 2.12 bits per heavy atom. The zero-order valence-electron chi connectivity index (χ0n) is 21.6. The molecule has 0 atom stereocenters. The number of halogens is 2. The van der Waals surface area contributed by atoms with Crippen molar-refractivity contribution in [2.45, 2.75) is 17.4 Å². The molecule has 0 unspecified atom stereocenters. The van der Waals surface area contributed by atoms with E-state index in [1.807, 2.05) is 60.7 Å². The van der Waals surface area contributed by atoms with Crippen molar-refractivity contribution in [1.82, 2.24) is 15.0 Å². The summed E-state index contributed by atoms with van der Waals surface area (Å²) in [6, 6.07) is 27.4. The number of sulfonamides is 1. The third-order valence-corrected chi connectivity index (χ3v) is 8.40. The average molecular weight is 590 g/mol. The predicted octanol–water partition coefficient (Wildman–Crippen LogP) is 5.36. The van der Waals surface area contributed by atoms with Gasteiger partial charge in [-0.1, -0.05) is 84.4 Å². The first-order chi connectivity index (χ1) is 19.7. The second kappa shape index (κ2) is 12.1. The van der Waals surface area contributed by atoms with Gasteiger partial charge in [0.15, 0.2) is 0 Å². The van der Waals surface area contributed by atoms with Crippen LogP contribution in [0.2, 0.25) is 5.02 Å². The van der Waals surface area contributed by atoms with E-state index in [-0.39, 0.29) is 35.5 Å². The quantitative estimate of drug-likeness (QED) is 0.215. The van der Waals surface area contributed by atoms with E-state index in [0.29, 0.717) is 5.02 Å². The molecule has 0 saturated carbocycles. The molecule has 10 heteroatoms. The highest BCUT2D eigenvalue weighted by atomic mass is 35.5. The number of benzene rings is 4. The fourth-order valence-electron chi connectivity index (χ4n) is 4.59. The summed E-state index contributed by atoms with van der Waals surface area (Å²) in [5.41, 5.74) is 1.38. The maximum absolute atomic E-state index is 14.7. The number of aromatic nitrogens is 1. The number of H-pyrrole nitrogens is 1. The van der Waals surface area contributed by atoms with E-state index in [2.05, 4.69) is 15.0 Å². The highest BCUT2D eigenvalue weighted by Crippen LogP contribution is 2.26. The second-order valence-electron chi connectivity index (χ2n) is 9.39.